The minimum Gasteiger partial charge on any atom is -0.467 e. The summed E-state index contributed by atoms with van der Waals surface area (Å²) in [4.78, 5) is 42.7. The first-order valence-electron chi connectivity index (χ1n) is 8.39. The molecule has 8 heteroatoms. The number of rotatable bonds is 5. The van der Waals surface area contributed by atoms with Crippen LogP contribution in [0.3, 0.4) is 0 Å². The van der Waals surface area contributed by atoms with Gasteiger partial charge in [0.05, 0.1) is 30.4 Å². The highest BCUT2D eigenvalue weighted by atomic mass is 16.5. The first-order chi connectivity index (χ1) is 12.5. The number of hydrogen-bond donors (Lipinski definition) is 0. The molecule has 1 aromatic carbocycles. The smallest absolute Gasteiger partial charge is 0.328 e. The van der Waals surface area contributed by atoms with Crippen LogP contribution in [-0.4, -0.2) is 59.2 Å². The number of fused-ring (bicyclic) bond motifs is 1. The standard InChI is InChI=1S/C18H21N3O5/c1-25-12-9-15(18(24)26-2)21(10-12)16(22)7-8-20-11-19-14-6-4-3-5-13(14)17(20)23/h3-6,11-12,15H,7-10H2,1-2H3/t12-,15-/m1/s1. The number of likely N-dealkylation sites (tertiary alicyclic amines) is 1. The molecule has 1 aromatic heterocycles. The molecule has 138 valence electrons. The summed E-state index contributed by atoms with van der Waals surface area (Å²) in [7, 11) is 2.85. The molecule has 0 N–H and O–H groups in total. The minimum atomic E-state index is -0.649. The zero-order chi connectivity index (χ0) is 18.7. The lowest BCUT2D eigenvalue weighted by Gasteiger charge is -2.22. The lowest BCUT2D eigenvalue weighted by Crippen LogP contribution is -2.41. The number of aromatic nitrogens is 2. The van der Waals surface area contributed by atoms with Gasteiger partial charge in [0.1, 0.15) is 6.04 Å². The van der Waals surface area contributed by atoms with Gasteiger partial charge in [0.25, 0.3) is 5.56 Å². The summed E-state index contributed by atoms with van der Waals surface area (Å²) >= 11 is 0. The number of carbonyl (C=O) groups is 2. The van der Waals surface area contributed by atoms with Gasteiger partial charge in [-0.25, -0.2) is 9.78 Å². The Morgan fingerprint density at radius 1 is 1.27 bits per heavy atom. The first kappa shape index (κ1) is 18.1. The highest BCUT2D eigenvalue weighted by molar-refractivity contribution is 5.85. The maximum atomic E-state index is 12.6. The van der Waals surface area contributed by atoms with E-state index in [9.17, 15) is 14.4 Å². The number of aryl methyl sites for hydroxylation is 1. The second-order valence-electron chi connectivity index (χ2n) is 6.19. The van der Waals surface area contributed by atoms with Crippen molar-refractivity contribution >= 4 is 22.8 Å². The van der Waals surface area contributed by atoms with Gasteiger partial charge in [0.2, 0.25) is 5.91 Å². The van der Waals surface area contributed by atoms with Gasteiger partial charge in [-0.05, 0) is 12.1 Å². The average Bonchev–Trinajstić information content (AvgIpc) is 3.11. The van der Waals surface area contributed by atoms with E-state index in [0.29, 0.717) is 23.9 Å². The summed E-state index contributed by atoms with van der Waals surface area (Å²) in [5.74, 6) is -0.678. The van der Waals surface area contributed by atoms with Crippen molar-refractivity contribution in [2.75, 3.05) is 20.8 Å². The van der Waals surface area contributed by atoms with Crippen LogP contribution in [0.15, 0.2) is 35.4 Å². The number of esters is 1. The van der Waals surface area contributed by atoms with Gasteiger partial charge in [-0.2, -0.15) is 0 Å². The fourth-order valence-corrected chi connectivity index (χ4v) is 3.23. The minimum absolute atomic E-state index is 0.0872. The Bertz CT molecular complexity index is 879. The zero-order valence-corrected chi connectivity index (χ0v) is 14.8. The third kappa shape index (κ3) is 3.45. The van der Waals surface area contributed by atoms with Gasteiger partial charge >= 0.3 is 5.97 Å². The van der Waals surface area contributed by atoms with Crippen molar-refractivity contribution in [3.05, 3.63) is 40.9 Å². The molecular formula is C18H21N3O5. The molecule has 0 unspecified atom stereocenters. The van der Waals surface area contributed by atoms with Crippen LogP contribution in [-0.2, 0) is 25.6 Å². The van der Waals surface area contributed by atoms with Crippen molar-refractivity contribution in [1.82, 2.24) is 14.5 Å². The largest absolute Gasteiger partial charge is 0.467 e. The third-order valence-corrected chi connectivity index (χ3v) is 4.69. The average molecular weight is 359 g/mol. The van der Waals surface area contributed by atoms with E-state index in [0.717, 1.165) is 0 Å². The third-order valence-electron chi connectivity index (χ3n) is 4.69. The summed E-state index contributed by atoms with van der Waals surface area (Å²) in [5, 5.41) is 0.510. The van der Waals surface area contributed by atoms with Gasteiger partial charge in [-0.1, -0.05) is 12.1 Å². The molecule has 26 heavy (non-hydrogen) atoms. The number of nitrogens with zero attached hydrogens (tertiary/aromatic N) is 3. The summed E-state index contributed by atoms with van der Waals surface area (Å²) < 4.78 is 11.5. The highest BCUT2D eigenvalue weighted by Gasteiger charge is 2.40. The van der Waals surface area contributed by atoms with Gasteiger partial charge in [-0.3, -0.25) is 14.2 Å². The molecule has 0 spiro atoms. The van der Waals surface area contributed by atoms with Crippen LogP contribution in [0.2, 0.25) is 0 Å². The van der Waals surface area contributed by atoms with Gasteiger partial charge < -0.3 is 14.4 Å². The van der Waals surface area contributed by atoms with E-state index in [-0.39, 0.29) is 30.5 Å². The number of para-hydroxylation sites is 1. The van der Waals surface area contributed by atoms with Crippen LogP contribution in [0, 0.1) is 0 Å². The Labute approximate surface area is 150 Å². The van der Waals surface area contributed by atoms with E-state index in [4.69, 9.17) is 9.47 Å². The molecule has 0 saturated carbocycles. The topological polar surface area (TPSA) is 90.7 Å². The molecule has 2 atom stereocenters. The molecule has 3 rings (SSSR count). The second-order valence-corrected chi connectivity index (χ2v) is 6.19. The van der Waals surface area contributed by atoms with Gasteiger partial charge in [0.15, 0.2) is 0 Å². The SMILES string of the molecule is COC(=O)[C@H]1C[C@@H](OC)CN1C(=O)CCn1cnc2ccccc2c1=O. The number of methoxy groups -OCH3 is 2. The number of ether oxygens (including phenoxy) is 2. The number of amides is 1. The van der Waals surface area contributed by atoms with E-state index < -0.39 is 12.0 Å². The van der Waals surface area contributed by atoms with Crippen LogP contribution in [0.4, 0.5) is 0 Å². The van der Waals surface area contributed by atoms with Crippen molar-refractivity contribution in [2.45, 2.75) is 31.5 Å². The maximum absolute atomic E-state index is 12.6. The Morgan fingerprint density at radius 2 is 2.04 bits per heavy atom. The Morgan fingerprint density at radius 3 is 2.77 bits per heavy atom. The Balaban J connectivity index is 1.73. The zero-order valence-electron chi connectivity index (χ0n) is 14.8. The van der Waals surface area contributed by atoms with E-state index in [1.165, 1.54) is 22.9 Å². The molecule has 2 heterocycles. The van der Waals surface area contributed by atoms with Crippen molar-refractivity contribution in [2.24, 2.45) is 0 Å². The monoisotopic (exact) mass is 359 g/mol. The molecule has 0 aliphatic carbocycles. The lowest BCUT2D eigenvalue weighted by atomic mass is 10.2. The van der Waals surface area contributed by atoms with E-state index in [1.807, 2.05) is 6.07 Å². The van der Waals surface area contributed by atoms with Crippen molar-refractivity contribution < 1.29 is 19.1 Å². The Kier molecular flexibility index (Phi) is 5.32. The summed E-state index contributed by atoms with van der Waals surface area (Å²) in [6.45, 7) is 0.525. The van der Waals surface area contributed by atoms with Crippen molar-refractivity contribution in [3.8, 4) is 0 Å². The number of hydrogen-bond acceptors (Lipinski definition) is 6. The quantitative estimate of drug-likeness (QED) is 0.725. The fourth-order valence-electron chi connectivity index (χ4n) is 3.23. The van der Waals surface area contributed by atoms with Gasteiger partial charge in [-0.15, -0.1) is 0 Å². The molecule has 1 saturated heterocycles. The molecule has 1 amide bonds. The lowest BCUT2D eigenvalue weighted by molar-refractivity contribution is -0.151. The first-order valence-corrected chi connectivity index (χ1v) is 8.39. The Hall–Kier alpha value is -2.74. The molecule has 8 nitrogen and oxygen atoms in total. The van der Waals surface area contributed by atoms with Gasteiger partial charge in [0, 0.05) is 33.0 Å². The molecular weight excluding hydrogens is 338 g/mol. The van der Waals surface area contributed by atoms with Crippen LogP contribution in [0.1, 0.15) is 12.8 Å². The molecule has 0 bridgehead atoms. The van der Waals surface area contributed by atoms with Crippen LogP contribution in [0.5, 0.6) is 0 Å². The predicted octanol–water partition coefficient (Wildman–Crippen LogP) is 0.575. The summed E-state index contributed by atoms with van der Waals surface area (Å²) in [5.41, 5.74) is 0.428. The van der Waals surface area contributed by atoms with Crippen molar-refractivity contribution in [3.63, 3.8) is 0 Å². The van der Waals surface area contributed by atoms with E-state index in [1.54, 1.807) is 25.3 Å². The van der Waals surface area contributed by atoms with Crippen LogP contribution < -0.4 is 5.56 Å². The fraction of sp³-hybridized carbons (Fsp3) is 0.444. The van der Waals surface area contributed by atoms with Crippen molar-refractivity contribution in [1.29, 1.82) is 0 Å². The second kappa shape index (κ2) is 7.65. The normalized spacial score (nSPS) is 19.7. The molecule has 1 aliphatic rings. The number of carbonyl (C=O) groups excluding carboxylic acids is 2. The molecule has 2 aromatic rings. The maximum Gasteiger partial charge on any atom is 0.328 e. The molecule has 0 radical (unpaired) electrons. The van der Waals surface area contributed by atoms with Crippen LogP contribution >= 0.6 is 0 Å². The summed E-state index contributed by atoms with van der Waals surface area (Å²) in [6, 6.07) is 6.41. The van der Waals surface area contributed by atoms with E-state index >= 15 is 0 Å². The van der Waals surface area contributed by atoms with E-state index in [2.05, 4.69) is 4.98 Å². The number of benzene rings is 1. The van der Waals surface area contributed by atoms with Crippen LogP contribution in [0.25, 0.3) is 10.9 Å². The predicted molar refractivity (Wildman–Crippen MR) is 93.6 cm³/mol. The highest BCUT2D eigenvalue weighted by Crippen LogP contribution is 2.22. The summed E-state index contributed by atoms with van der Waals surface area (Å²) in [6.07, 6.45) is 1.74. The molecule has 1 fully saturated rings. The molecule has 1 aliphatic heterocycles.